The zero-order chi connectivity index (χ0) is 32.4. The molecule has 0 aliphatic heterocycles. The zero-order valence-electron chi connectivity index (χ0n) is 24.2. The van der Waals surface area contributed by atoms with Crippen molar-refractivity contribution >= 4 is 27.5 Å². The third-order valence-electron chi connectivity index (χ3n) is 6.25. The van der Waals surface area contributed by atoms with Crippen LogP contribution in [-0.4, -0.2) is 44.9 Å². The van der Waals surface area contributed by atoms with Gasteiger partial charge in [-0.1, -0.05) is 56.3 Å². The van der Waals surface area contributed by atoms with Crippen LogP contribution in [0.1, 0.15) is 56.6 Å². The Kier molecular flexibility index (Phi) is 9.20. The Bertz CT molecular complexity index is 1710. The summed E-state index contributed by atoms with van der Waals surface area (Å²) in [5, 5.41) is 10.3. The van der Waals surface area contributed by atoms with Gasteiger partial charge in [0.1, 0.15) is 21.9 Å². The van der Waals surface area contributed by atoms with Crippen LogP contribution in [0.4, 0.5) is 19.0 Å². The molecule has 0 radical (unpaired) electrons. The van der Waals surface area contributed by atoms with Gasteiger partial charge in [-0.15, -0.1) is 0 Å². The topological polar surface area (TPSA) is 163 Å². The van der Waals surface area contributed by atoms with Crippen molar-refractivity contribution in [1.29, 1.82) is 0 Å². The van der Waals surface area contributed by atoms with Crippen LogP contribution < -0.4 is 11.1 Å². The molecule has 0 unspecified atom stereocenters. The first-order valence-electron chi connectivity index (χ1n) is 12.7. The summed E-state index contributed by atoms with van der Waals surface area (Å²) in [6.45, 7) is 7.88. The maximum absolute atomic E-state index is 12.8. The van der Waals surface area contributed by atoms with Crippen LogP contribution in [0.5, 0.6) is 0 Å². The molecule has 230 valence electrons. The predicted octanol–water partition coefficient (Wildman–Crippen LogP) is 4.76. The fourth-order valence-corrected chi connectivity index (χ4v) is 4.85. The molecule has 0 aliphatic rings. The number of nitrogens with two attached hydrogens (primary N) is 1. The van der Waals surface area contributed by atoms with Crippen molar-refractivity contribution in [3.05, 3.63) is 77.9 Å². The molecule has 43 heavy (non-hydrogen) atoms. The normalized spacial score (nSPS) is 12.3. The molecule has 0 saturated carbocycles. The quantitative estimate of drug-likeness (QED) is 0.312. The number of carbonyl (C=O) groups is 2. The van der Waals surface area contributed by atoms with Crippen molar-refractivity contribution in [3.63, 3.8) is 0 Å². The molecule has 4 rings (SSSR count). The number of benzene rings is 1. The lowest BCUT2D eigenvalue weighted by Gasteiger charge is -2.23. The lowest BCUT2D eigenvalue weighted by atomic mass is 9.93. The Labute approximate surface area is 246 Å². The second-order valence-electron chi connectivity index (χ2n) is 10.9. The minimum atomic E-state index is -4.70. The van der Waals surface area contributed by atoms with Gasteiger partial charge in [-0.2, -0.15) is 18.3 Å². The van der Waals surface area contributed by atoms with Crippen molar-refractivity contribution in [2.45, 2.75) is 55.9 Å². The molecule has 1 aromatic carbocycles. The van der Waals surface area contributed by atoms with Crippen LogP contribution in [-0.2, 0) is 33.3 Å². The smallest absolute Gasteiger partial charge is 0.364 e. The molecular weight excluding hydrogens is 589 g/mol. The van der Waals surface area contributed by atoms with Crippen molar-refractivity contribution in [1.82, 2.24) is 19.9 Å². The number of alkyl halides is 3. The molecule has 0 atom stereocenters. The molecule has 4 aromatic rings. The van der Waals surface area contributed by atoms with Crippen molar-refractivity contribution < 1.29 is 35.7 Å². The highest BCUT2D eigenvalue weighted by molar-refractivity contribution is 7.93. The highest BCUT2D eigenvalue weighted by Gasteiger charge is 2.44. The van der Waals surface area contributed by atoms with Gasteiger partial charge in [0.15, 0.2) is 15.7 Å². The van der Waals surface area contributed by atoms with Crippen LogP contribution >= 0.6 is 0 Å². The Morgan fingerprint density at radius 2 is 1.60 bits per heavy atom. The van der Waals surface area contributed by atoms with Crippen LogP contribution in [0, 0.1) is 0 Å². The number of carbonyl (C=O) groups excluding carboxylic acids is 2. The molecule has 0 saturated heterocycles. The summed E-state index contributed by atoms with van der Waals surface area (Å²) in [4.78, 5) is 26.2. The van der Waals surface area contributed by atoms with E-state index in [0.29, 0.717) is 23.7 Å². The molecule has 15 heteroatoms. The van der Waals surface area contributed by atoms with E-state index < -0.39 is 43.2 Å². The summed E-state index contributed by atoms with van der Waals surface area (Å²) in [7, 11) is -2.64. The number of aromatic nitrogens is 4. The summed E-state index contributed by atoms with van der Waals surface area (Å²) < 4.78 is 68.0. The van der Waals surface area contributed by atoms with E-state index >= 15 is 0 Å². The number of anilines is 1. The van der Waals surface area contributed by atoms with Gasteiger partial charge in [-0.05, 0) is 32.0 Å². The monoisotopic (exact) mass is 620 g/mol. The number of pyridine rings is 1. The van der Waals surface area contributed by atoms with Gasteiger partial charge >= 0.3 is 6.18 Å². The lowest BCUT2D eigenvalue weighted by Crippen LogP contribution is -2.44. The van der Waals surface area contributed by atoms with E-state index in [2.05, 4.69) is 20.6 Å². The second-order valence-corrected chi connectivity index (χ2v) is 13.4. The summed E-state index contributed by atoms with van der Waals surface area (Å²) in [6, 6.07) is 14.1. The average molecular weight is 621 g/mol. The van der Waals surface area contributed by atoms with E-state index in [1.807, 2.05) is 51.1 Å². The molecular formula is C28H31F3N6O5S. The number of primary amides is 1. The summed E-state index contributed by atoms with van der Waals surface area (Å²) >= 11 is 0. The molecule has 0 bridgehead atoms. The highest BCUT2D eigenvalue weighted by atomic mass is 32.2. The maximum atomic E-state index is 12.8. The van der Waals surface area contributed by atoms with Gasteiger partial charge in [0.2, 0.25) is 5.91 Å². The minimum Gasteiger partial charge on any atom is -0.364 e. The molecule has 11 nitrogen and oxygen atoms in total. The molecule has 2 amide bonds. The number of sulfone groups is 1. The Morgan fingerprint density at radius 1 is 0.977 bits per heavy atom. The van der Waals surface area contributed by atoms with Crippen molar-refractivity contribution in [2.24, 2.45) is 12.8 Å². The van der Waals surface area contributed by atoms with Crippen LogP contribution in [0.15, 0.2) is 70.2 Å². The van der Waals surface area contributed by atoms with E-state index in [4.69, 9.17) is 10.3 Å². The van der Waals surface area contributed by atoms with Crippen LogP contribution in [0.3, 0.4) is 0 Å². The number of amides is 2. The number of halogens is 3. The van der Waals surface area contributed by atoms with Crippen molar-refractivity contribution in [3.8, 4) is 11.3 Å². The van der Waals surface area contributed by atoms with E-state index in [1.165, 1.54) is 10.7 Å². The first-order valence-corrected chi connectivity index (χ1v) is 14.2. The number of rotatable bonds is 6. The second kappa shape index (κ2) is 12.0. The Morgan fingerprint density at radius 3 is 2.07 bits per heavy atom. The summed E-state index contributed by atoms with van der Waals surface area (Å²) in [6.07, 6.45) is -4.12. The summed E-state index contributed by atoms with van der Waals surface area (Å²) in [5.74, 6) is -0.868. The van der Waals surface area contributed by atoms with Gasteiger partial charge in [0, 0.05) is 30.3 Å². The summed E-state index contributed by atoms with van der Waals surface area (Å²) in [5.41, 5.74) is 5.74. The third-order valence-corrected chi connectivity index (χ3v) is 8.64. The van der Waals surface area contributed by atoms with E-state index in [1.54, 1.807) is 13.1 Å². The molecule has 3 N–H and O–H groups in total. The van der Waals surface area contributed by atoms with Crippen LogP contribution in [0.2, 0.25) is 0 Å². The van der Waals surface area contributed by atoms with Gasteiger partial charge in [0.05, 0.1) is 10.6 Å². The van der Waals surface area contributed by atoms with E-state index in [9.17, 15) is 31.2 Å². The molecule has 0 spiro atoms. The predicted molar refractivity (Wildman–Crippen MR) is 151 cm³/mol. The Balaban J connectivity index is 0.000000282. The van der Waals surface area contributed by atoms with E-state index in [-0.39, 0.29) is 11.2 Å². The number of nitrogens with one attached hydrogen (secondary N) is 1. The fraction of sp³-hybridized carbons (Fsp3) is 0.321. The Hall–Kier alpha value is -4.53. The van der Waals surface area contributed by atoms with Gasteiger partial charge in [-0.3, -0.25) is 19.3 Å². The number of nitrogens with zero attached hydrogens (tertiary/aromatic N) is 4. The molecule has 3 aromatic heterocycles. The molecule has 0 aliphatic carbocycles. The zero-order valence-corrected chi connectivity index (χ0v) is 25.0. The fourth-order valence-electron chi connectivity index (χ4n) is 3.53. The van der Waals surface area contributed by atoms with Gasteiger partial charge < -0.3 is 15.6 Å². The number of hydrogen-bond acceptors (Lipinski definition) is 8. The average Bonchev–Trinajstić information content (AvgIpc) is 3.56. The molecule has 3 heterocycles. The standard InChI is InChI=1S/C17H20F3N3O4S.C11H11N3O/c1-15(2,3)12-8-13(23-27-12)22-14(24)16(4,5)28(25,26)10-6-7-11(21-9-10)17(18,19)20;1-14-10(11(12)15)7-9(13-14)8-5-3-2-4-6-8/h6-9H,1-5H3,(H,22,23,24);2-7H,1H3,(H2,12,15). The van der Waals surface area contributed by atoms with Crippen molar-refractivity contribution in [2.75, 3.05) is 5.32 Å². The maximum Gasteiger partial charge on any atom is 0.433 e. The third kappa shape index (κ3) is 7.46. The number of aryl methyl sites for hydroxylation is 1. The first-order chi connectivity index (χ1) is 19.7. The van der Waals surface area contributed by atoms with Crippen LogP contribution in [0.25, 0.3) is 11.3 Å². The van der Waals surface area contributed by atoms with Gasteiger partial charge in [-0.25, -0.2) is 8.42 Å². The largest absolute Gasteiger partial charge is 0.433 e. The highest BCUT2D eigenvalue weighted by Crippen LogP contribution is 2.31. The number of hydrogen-bond donors (Lipinski definition) is 2. The van der Waals surface area contributed by atoms with E-state index in [0.717, 1.165) is 31.2 Å². The minimum absolute atomic E-state index is 0.0312. The SMILES string of the molecule is CC(C)(C)c1cc(NC(=O)C(C)(C)S(=O)(=O)c2ccc(C(F)(F)F)nc2)no1.Cn1nc(-c2ccccc2)cc1C(N)=O. The van der Waals surface area contributed by atoms with Gasteiger partial charge in [0.25, 0.3) is 5.91 Å². The first kappa shape index (κ1) is 33.0. The lowest BCUT2D eigenvalue weighted by molar-refractivity contribution is -0.141. The molecule has 0 fully saturated rings.